The van der Waals surface area contributed by atoms with E-state index in [1.54, 1.807) is 0 Å². The summed E-state index contributed by atoms with van der Waals surface area (Å²) in [7, 11) is 0. The number of carbonyl (C=O) groups excluding carboxylic acids is 1. The third-order valence-electron chi connectivity index (χ3n) is 3.88. The first kappa shape index (κ1) is 17.2. The van der Waals surface area contributed by atoms with Gasteiger partial charge in [-0.2, -0.15) is 0 Å². The van der Waals surface area contributed by atoms with Crippen LogP contribution in [0.5, 0.6) is 5.19 Å². The van der Waals surface area contributed by atoms with Crippen LogP contribution in [0.15, 0.2) is 5.38 Å². The van der Waals surface area contributed by atoms with E-state index < -0.39 is 0 Å². The summed E-state index contributed by atoms with van der Waals surface area (Å²) < 4.78 is 5.35. The summed E-state index contributed by atoms with van der Waals surface area (Å²) in [6.07, 6.45) is 1.71. The molecule has 0 aliphatic carbocycles. The van der Waals surface area contributed by atoms with Gasteiger partial charge in [0.15, 0.2) is 5.13 Å². The predicted octanol–water partition coefficient (Wildman–Crippen LogP) is 2.55. The molecule has 0 radical (unpaired) electrons. The summed E-state index contributed by atoms with van der Waals surface area (Å²) in [4.78, 5) is 18.9. The molecule has 24 heavy (non-hydrogen) atoms. The summed E-state index contributed by atoms with van der Waals surface area (Å²) in [5, 5.41) is 15.3. The van der Waals surface area contributed by atoms with E-state index in [1.807, 2.05) is 19.2 Å². The highest BCUT2D eigenvalue weighted by Gasteiger charge is 2.26. The van der Waals surface area contributed by atoms with Crippen LogP contribution in [-0.2, 0) is 11.3 Å². The fourth-order valence-electron chi connectivity index (χ4n) is 2.65. The van der Waals surface area contributed by atoms with Gasteiger partial charge in [-0.3, -0.25) is 9.69 Å². The normalized spacial score (nSPS) is 16.2. The summed E-state index contributed by atoms with van der Waals surface area (Å²) in [6.45, 7) is 7.01. The molecule has 2 aromatic rings. The molecule has 1 amide bonds. The van der Waals surface area contributed by atoms with Crippen molar-refractivity contribution in [2.45, 2.75) is 33.2 Å². The van der Waals surface area contributed by atoms with Gasteiger partial charge in [0.2, 0.25) is 5.91 Å². The number of ether oxygens (including phenoxy) is 1. The Labute approximate surface area is 149 Å². The first-order chi connectivity index (χ1) is 11.6. The van der Waals surface area contributed by atoms with Crippen LogP contribution in [-0.4, -0.2) is 45.7 Å². The Bertz CT molecular complexity index is 679. The standard InChI is InChI=1S/C15H21N5O2S2/c1-3-22-15-19-18-12(24-15)8-20-6-4-11(5-7-20)13(21)17-14-16-10(2)9-23-14/h9,11H,3-8H2,1-2H3,(H,16,17,21). The lowest BCUT2D eigenvalue weighted by Crippen LogP contribution is -2.37. The minimum absolute atomic E-state index is 0.0545. The second-order valence-electron chi connectivity index (χ2n) is 5.73. The zero-order valence-corrected chi connectivity index (χ0v) is 15.5. The Kier molecular flexibility index (Phi) is 5.75. The van der Waals surface area contributed by atoms with Crippen LogP contribution in [0.4, 0.5) is 5.13 Å². The predicted molar refractivity (Wildman–Crippen MR) is 94.6 cm³/mol. The van der Waals surface area contributed by atoms with E-state index in [-0.39, 0.29) is 11.8 Å². The van der Waals surface area contributed by atoms with Gasteiger partial charge in [-0.15, -0.1) is 21.5 Å². The molecule has 9 heteroatoms. The molecule has 0 spiro atoms. The number of rotatable bonds is 6. The number of anilines is 1. The highest BCUT2D eigenvalue weighted by Crippen LogP contribution is 2.24. The topological polar surface area (TPSA) is 80.2 Å². The molecule has 3 rings (SSSR count). The molecule has 0 bridgehead atoms. The number of nitrogens with zero attached hydrogens (tertiary/aromatic N) is 4. The molecule has 1 saturated heterocycles. The third-order valence-corrected chi connectivity index (χ3v) is 5.58. The van der Waals surface area contributed by atoms with Gasteiger partial charge in [-0.25, -0.2) is 4.98 Å². The van der Waals surface area contributed by atoms with Crippen molar-refractivity contribution in [1.82, 2.24) is 20.1 Å². The molecular formula is C15H21N5O2S2. The number of piperidine rings is 1. The van der Waals surface area contributed by atoms with Crippen molar-refractivity contribution in [3.63, 3.8) is 0 Å². The molecule has 2 aromatic heterocycles. The van der Waals surface area contributed by atoms with Crippen molar-refractivity contribution in [3.8, 4) is 5.19 Å². The molecule has 1 aliphatic rings. The van der Waals surface area contributed by atoms with Crippen molar-refractivity contribution in [3.05, 3.63) is 16.1 Å². The molecule has 3 heterocycles. The van der Waals surface area contributed by atoms with E-state index in [4.69, 9.17) is 4.74 Å². The number of amides is 1. The van der Waals surface area contributed by atoms with Gasteiger partial charge < -0.3 is 10.1 Å². The Morgan fingerprint density at radius 1 is 1.42 bits per heavy atom. The van der Waals surface area contributed by atoms with Gasteiger partial charge in [0.25, 0.3) is 5.19 Å². The van der Waals surface area contributed by atoms with Crippen molar-refractivity contribution in [2.75, 3.05) is 25.0 Å². The Hall–Kier alpha value is -1.58. The SMILES string of the molecule is CCOc1nnc(CN2CCC(C(=O)Nc3nc(C)cs3)CC2)s1. The van der Waals surface area contributed by atoms with E-state index in [1.165, 1.54) is 22.7 Å². The maximum absolute atomic E-state index is 12.3. The average molecular weight is 368 g/mol. The molecule has 1 N–H and O–H groups in total. The third kappa shape index (κ3) is 4.49. The van der Waals surface area contributed by atoms with Crippen molar-refractivity contribution < 1.29 is 9.53 Å². The van der Waals surface area contributed by atoms with Crippen LogP contribution in [0.3, 0.4) is 0 Å². The molecule has 0 aromatic carbocycles. The highest BCUT2D eigenvalue weighted by atomic mass is 32.1. The summed E-state index contributed by atoms with van der Waals surface area (Å²) >= 11 is 2.96. The van der Waals surface area contributed by atoms with Gasteiger partial charge in [-0.05, 0) is 39.8 Å². The molecule has 1 fully saturated rings. The van der Waals surface area contributed by atoms with Gasteiger partial charge in [0, 0.05) is 11.3 Å². The van der Waals surface area contributed by atoms with Crippen LogP contribution in [0.2, 0.25) is 0 Å². The zero-order chi connectivity index (χ0) is 16.9. The highest BCUT2D eigenvalue weighted by molar-refractivity contribution is 7.14. The average Bonchev–Trinajstić information content (AvgIpc) is 3.17. The number of aromatic nitrogens is 3. The fraction of sp³-hybridized carbons (Fsp3) is 0.600. The molecule has 1 aliphatic heterocycles. The van der Waals surface area contributed by atoms with Gasteiger partial charge in [0.1, 0.15) is 5.01 Å². The van der Waals surface area contributed by atoms with E-state index in [2.05, 4.69) is 25.4 Å². The number of likely N-dealkylation sites (tertiary alicyclic amines) is 1. The second kappa shape index (κ2) is 8.00. The number of nitrogens with one attached hydrogen (secondary N) is 1. The Balaban J connectivity index is 1.45. The van der Waals surface area contributed by atoms with Gasteiger partial charge >= 0.3 is 0 Å². The monoisotopic (exact) mass is 367 g/mol. The van der Waals surface area contributed by atoms with Gasteiger partial charge in [0.05, 0.1) is 18.8 Å². The number of aryl methyl sites for hydroxylation is 1. The van der Waals surface area contributed by atoms with Crippen molar-refractivity contribution >= 4 is 33.7 Å². The Morgan fingerprint density at radius 3 is 2.88 bits per heavy atom. The number of carbonyl (C=O) groups is 1. The summed E-state index contributed by atoms with van der Waals surface area (Å²) in [5.74, 6) is 0.136. The van der Waals surface area contributed by atoms with E-state index in [0.717, 1.165) is 43.2 Å². The summed E-state index contributed by atoms with van der Waals surface area (Å²) in [5.41, 5.74) is 0.939. The van der Waals surface area contributed by atoms with Crippen LogP contribution in [0, 0.1) is 12.8 Å². The minimum Gasteiger partial charge on any atom is -0.469 e. The maximum atomic E-state index is 12.3. The zero-order valence-electron chi connectivity index (χ0n) is 13.8. The molecule has 0 atom stereocenters. The lowest BCUT2D eigenvalue weighted by molar-refractivity contribution is -0.121. The lowest BCUT2D eigenvalue weighted by atomic mass is 9.96. The second-order valence-corrected chi connectivity index (χ2v) is 7.61. The van der Waals surface area contributed by atoms with E-state index in [9.17, 15) is 4.79 Å². The lowest BCUT2D eigenvalue weighted by Gasteiger charge is -2.30. The quantitative estimate of drug-likeness (QED) is 0.845. The van der Waals surface area contributed by atoms with Crippen LogP contribution in [0.1, 0.15) is 30.5 Å². The smallest absolute Gasteiger partial charge is 0.294 e. The van der Waals surface area contributed by atoms with Crippen molar-refractivity contribution in [2.24, 2.45) is 5.92 Å². The van der Waals surface area contributed by atoms with Crippen LogP contribution in [0.25, 0.3) is 0 Å². The molecule has 130 valence electrons. The molecular weight excluding hydrogens is 346 g/mol. The molecule has 0 saturated carbocycles. The molecule has 0 unspecified atom stereocenters. The van der Waals surface area contributed by atoms with E-state index >= 15 is 0 Å². The van der Waals surface area contributed by atoms with Crippen LogP contribution >= 0.6 is 22.7 Å². The Morgan fingerprint density at radius 2 is 2.21 bits per heavy atom. The van der Waals surface area contributed by atoms with Gasteiger partial charge in [-0.1, -0.05) is 11.3 Å². The largest absolute Gasteiger partial charge is 0.469 e. The number of hydrogen-bond acceptors (Lipinski definition) is 8. The van der Waals surface area contributed by atoms with E-state index in [0.29, 0.717) is 16.9 Å². The first-order valence-corrected chi connectivity index (χ1v) is 9.74. The fourth-order valence-corrected chi connectivity index (χ4v) is 4.13. The minimum atomic E-state index is 0.0545. The van der Waals surface area contributed by atoms with Crippen molar-refractivity contribution in [1.29, 1.82) is 0 Å². The number of hydrogen-bond donors (Lipinski definition) is 1. The summed E-state index contributed by atoms with van der Waals surface area (Å²) in [6, 6.07) is 0. The molecule has 7 nitrogen and oxygen atoms in total. The number of thiazole rings is 1. The van der Waals surface area contributed by atoms with Crippen LogP contribution < -0.4 is 10.1 Å². The first-order valence-electron chi connectivity index (χ1n) is 8.04. The maximum Gasteiger partial charge on any atom is 0.294 e.